The van der Waals surface area contributed by atoms with E-state index >= 15 is 0 Å². The third-order valence-corrected chi connectivity index (χ3v) is 3.01. The molecule has 3 aromatic rings. The van der Waals surface area contributed by atoms with Crippen molar-refractivity contribution in [2.24, 2.45) is 0 Å². The van der Waals surface area contributed by atoms with E-state index in [1.807, 2.05) is 55.3 Å². The fourth-order valence-electron chi connectivity index (χ4n) is 2.09. The van der Waals surface area contributed by atoms with Crippen molar-refractivity contribution < 1.29 is 0 Å². The molecule has 0 bridgehead atoms. The predicted octanol–water partition coefficient (Wildman–Crippen LogP) is 2.62. The van der Waals surface area contributed by atoms with Crippen LogP contribution in [0.15, 0.2) is 36.8 Å². The van der Waals surface area contributed by atoms with E-state index in [9.17, 15) is 0 Å². The molecule has 3 rings (SSSR count). The Balaban J connectivity index is 2.36. The number of nitrogen functional groups attached to an aromatic ring is 1. The van der Waals surface area contributed by atoms with Crippen LogP contribution < -0.4 is 5.73 Å². The zero-order chi connectivity index (χ0) is 12.7. The molecule has 4 nitrogen and oxygen atoms in total. The van der Waals surface area contributed by atoms with E-state index in [2.05, 4.69) is 10.1 Å². The molecule has 0 spiro atoms. The summed E-state index contributed by atoms with van der Waals surface area (Å²) in [6.07, 6.45) is 5.66. The number of nitrogens with two attached hydrogens (primary N) is 1. The van der Waals surface area contributed by atoms with E-state index in [1.54, 1.807) is 0 Å². The van der Waals surface area contributed by atoms with Crippen LogP contribution in [0.2, 0.25) is 0 Å². The number of aryl methyl sites for hydroxylation is 2. The quantitative estimate of drug-likeness (QED) is 0.663. The maximum absolute atomic E-state index is 5.99. The van der Waals surface area contributed by atoms with Crippen molar-refractivity contribution in [1.82, 2.24) is 14.8 Å². The molecule has 0 saturated carbocycles. The van der Waals surface area contributed by atoms with E-state index < -0.39 is 0 Å². The molecule has 4 heteroatoms. The Morgan fingerprint density at radius 3 is 2.67 bits per heavy atom. The maximum Gasteiger partial charge on any atom is 0.0726 e. The number of benzene rings is 1. The molecule has 0 atom stereocenters. The third kappa shape index (κ3) is 1.62. The molecule has 0 aliphatic rings. The van der Waals surface area contributed by atoms with Crippen molar-refractivity contribution in [2.45, 2.75) is 13.8 Å². The molecule has 0 saturated heterocycles. The molecule has 18 heavy (non-hydrogen) atoms. The lowest BCUT2D eigenvalue weighted by Crippen LogP contribution is -1.98. The highest BCUT2D eigenvalue weighted by Crippen LogP contribution is 2.27. The Hall–Kier alpha value is -2.36. The van der Waals surface area contributed by atoms with Crippen LogP contribution in [0.1, 0.15) is 11.3 Å². The average Bonchev–Trinajstić information content (AvgIpc) is 2.76. The molecule has 0 fully saturated rings. The van der Waals surface area contributed by atoms with Crippen LogP contribution in [0.25, 0.3) is 16.5 Å². The molecular weight excluding hydrogens is 224 g/mol. The Morgan fingerprint density at radius 2 is 1.94 bits per heavy atom. The Bertz CT molecular complexity index is 728. The summed E-state index contributed by atoms with van der Waals surface area (Å²) in [7, 11) is 0. The van der Waals surface area contributed by atoms with E-state index in [0.717, 1.165) is 33.4 Å². The van der Waals surface area contributed by atoms with Gasteiger partial charge in [-0.25, -0.2) is 4.68 Å². The number of nitrogens with zero attached hydrogens (tertiary/aromatic N) is 3. The molecule has 0 aliphatic carbocycles. The lowest BCUT2D eigenvalue weighted by molar-refractivity contribution is 0.887. The van der Waals surface area contributed by atoms with Crippen molar-refractivity contribution >= 4 is 16.5 Å². The standard InChI is InChI=1S/C14H14N4/c1-9-6-17-18(8-9)14-4-3-13(15)12-7-16-10(2)5-11(12)14/h3-8H,15H2,1-2H3. The van der Waals surface area contributed by atoms with Crippen LogP contribution in [-0.2, 0) is 0 Å². The minimum atomic E-state index is 0.741. The summed E-state index contributed by atoms with van der Waals surface area (Å²) in [6, 6.07) is 5.92. The van der Waals surface area contributed by atoms with Gasteiger partial charge in [0.25, 0.3) is 0 Å². The van der Waals surface area contributed by atoms with Crippen molar-refractivity contribution in [3.05, 3.63) is 48.0 Å². The number of anilines is 1. The van der Waals surface area contributed by atoms with Crippen LogP contribution in [0.3, 0.4) is 0 Å². The van der Waals surface area contributed by atoms with Gasteiger partial charge in [-0.05, 0) is 37.6 Å². The van der Waals surface area contributed by atoms with Crippen LogP contribution in [0, 0.1) is 13.8 Å². The second kappa shape index (κ2) is 3.84. The van der Waals surface area contributed by atoms with Gasteiger partial charge in [-0.1, -0.05) is 0 Å². The summed E-state index contributed by atoms with van der Waals surface area (Å²) in [5, 5.41) is 6.39. The minimum absolute atomic E-state index is 0.741. The molecule has 0 amide bonds. The van der Waals surface area contributed by atoms with Gasteiger partial charge in [0.2, 0.25) is 0 Å². The number of hydrogen-bond acceptors (Lipinski definition) is 3. The lowest BCUT2D eigenvalue weighted by Gasteiger charge is -2.09. The number of rotatable bonds is 1. The zero-order valence-electron chi connectivity index (χ0n) is 10.4. The van der Waals surface area contributed by atoms with Gasteiger partial charge in [0.1, 0.15) is 0 Å². The van der Waals surface area contributed by atoms with Gasteiger partial charge in [-0.3, -0.25) is 4.98 Å². The minimum Gasteiger partial charge on any atom is -0.398 e. The summed E-state index contributed by atoms with van der Waals surface area (Å²) < 4.78 is 1.87. The van der Waals surface area contributed by atoms with Gasteiger partial charge in [0, 0.05) is 34.5 Å². The largest absolute Gasteiger partial charge is 0.398 e. The highest BCUT2D eigenvalue weighted by Gasteiger charge is 2.07. The number of fused-ring (bicyclic) bond motifs is 1. The first-order valence-corrected chi connectivity index (χ1v) is 5.81. The van der Waals surface area contributed by atoms with Gasteiger partial charge < -0.3 is 5.73 Å². The van der Waals surface area contributed by atoms with Crippen molar-refractivity contribution in [3.8, 4) is 5.69 Å². The van der Waals surface area contributed by atoms with E-state index in [1.165, 1.54) is 0 Å². The second-order valence-corrected chi connectivity index (χ2v) is 4.51. The number of hydrogen-bond donors (Lipinski definition) is 1. The van der Waals surface area contributed by atoms with Gasteiger partial charge in [-0.2, -0.15) is 5.10 Å². The topological polar surface area (TPSA) is 56.7 Å². The molecule has 90 valence electrons. The first kappa shape index (κ1) is 10.8. The first-order chi connectivity index (χ1) is 8.65. The molecule has 0 unspecified atom stereocenters. The molecule has 1 aromatic carbocycles. The van der Waals surface area contributed by atoms with Crippen molar-refractivity contribution in [1.29, 1.82) is 0 Å². The van der Waals surface area contributed by atoms with Crippen molar-refractivity contribution in [2.75, 3.05) is 5.73 Å². The first-order valence-electron chi connectivity index (χ1n) is 5.81. The highest BCUT2D eigenvalue weighted by atomic mass is 15.3. The van der Waals surface area contributed by atoms with Crippen LogP contribution >= 0.6 is 0 Å². The van der Waals surface area contributed by atoms with Crippen LogP contribution in [-0.4, -0.2) is 14.8 Å². The van der Waals surface area contributed by atoms with Gasteiger partial charge in [-0.15, -0.1) is 0 Å². The Morgan fingerprint density at radius 1 is 1.11 bits per heavy atom. The molecule has 2 heterocycles. The van der Waals surface area contributed by atoms with Crippen molar-refractivity contribution in [3.63, 3.8) is 0 Å². The maximum atomic E-state index is 5.99. The van der Waals surface area contributed by atoms with Gasteiger partial charge >= 0.3 is 0 Å². The monoisotopic (exact) mass is 238 g/mol. The predicted molar refractivity (Wildman–Crippen MR) is 72.8 cm³/mol. The summed E-state index contributed by atoms with van der Waals surface area (Å²) in [6.45, 7) is 4.00. The van der Waals surface area contributed by atoms with Crippen LogP contribution in [0.5, 0.6) is 0 Å². The fourth-order valence-corrected chi connectivity index (χ4v) is 2.09. The van der Waals surface area contributed by atoms with E-state index in [-0.39, 0.29) is 0 Å². The summed E-state index contributed by atoms with van der Waals surface area (Å²) in [5.41, 5.74) is 9.86. The normalized spacial score (nSPS) is 11.0. The van der Waals surface area contributed by atoms with E-state index in [0.29, 0.717) is 0 Å². The molecule has 0 aliphatic heterocycles. The van der Waals surface area contributed by atoms with Crippen LogP contribution in [0.4, 0.5) is 5.69 Å². The average molecular weight is 238 g/mol. The van der Waals surface area contributed by atoms with E-state index in [4.69, 9.17) is 5.73 Å². The SMILES string of the molecule is Cc1cnn(-c2ccc(N)c3cnc(C)cc23)c1. The third-order valence-electron chi connectivity index (χ3n) is 3.01. The van der Waals surface area contributed by atoms with Gasteiger partial charge in [0.15, 0.2) is 0 Å². The molecule has 2 aromatic heterocycles. The molecular formula is C14H14N4. The Kier molecular flexibility index (Phi) is 2.30. The summed E-state index contributed by atoms with van der Waals surface area (Å²) in [4.78, 5) is 4.30. The summed E-state index contributed by atoms with van der Waals surface area (Å²) in [5.74, 6) is 0. The fraction of sp³-hybridized carbons (Fsp3) is 0.143. The number of pyridine rings is 1. The van der Waals surface area contributed by atoms with Gasteiger partial charge in [0.05, 0.1) is 11.9 Å². The molecule has 2 N–H and O–H groups in total. The lowest BCUT2D eigenvalue weighted by atomic mass is 10.1. The number of aromatic nitrogens is 3. The highest BCUT2D eigenvalue weighted by molar-refractivity contribution is 5.97. The summed E-state index contributed by atoms with van der Waals surface area (Å²) >= 11 is 0. The Labute approximate surface area is 105 Å². The molecule has 0 radical (unpaired) electrons. The second-order valence-electron chi connectivity index (χ2n) is 4.51. The zero-order valence-corrected chi connectivity index (χ0v) is 10.4. The smallest absolute Gasteiger partial charge is 0.0726 e.